The molecule has 0 aromatic heterocycles. The van der Waals surface area contributed by atoms with Crippen LogP contribution in [0.1, 0.15) is 5.56 Å². The van der Waals surface area contributed by atoms with Gasteiger partial charge in [0, 0.05) is 21.7 Å². The molecule has 0 atom stereocenters. The lowest BCUT2D eigenvalue weighted by molar-refractivity contribution is 1.67. The Morgan fingerprint density at radius 3 is 1.90 bits per heavy atom. The lowest BCUT2D eigenvalue weighted by atomic mass is 10.2. The fourth-order valence-corrected chi connectivity index (χ4v) is 0.589. The molecule has 0 N–H and O–H groups in total. The average Bonchev–Trinajstić information content (AvgIpc) is 2.10. The molecule has 1 aromatic carbocycles. The van der Waals surface area contributed by atoms with Crippen molar-refractivity contribution in [1.82, 2.24) is 0 Å². The minimum atomic E-state index is 1.17. The molecule has 0 aliphatic rings. The van der Waals surface area contributed by atoms with Crippen LogP contribution < -0.4 is 0 Å². The Morgan fingerprint density at radius 1 is 1.10 bits per heavy atom. The van der Waals surface area contributed by atoms with Crippen molar-refractivity contribution in [2.24, 2.45) is 0 Å². The molecule has 0 nitrogen and oxygen atoms in total. The first-order valence-corrected chi connectivity index (χ1v) is 3.89. The van der Waals surface area contributed by atoms with Gasteiger partial charge in [-0.05, 0) is 5.56 Å². The number of rotatable bonds is 1. The summed E-state index contributed by atoms with van der Waals surface area (Å²) in [6, 6.07) is 10.0. The Hall–Kier alpha value is -0.460. The summed E-state index contributed by atoms with van der Waals surface area (Å²) >= 11 is 0. The molecule has 0 bridgehead atoms. The molecule has 54 valence electrons. The summed E-state index contributed by atoms with van der Waals surface area (Å²) in [4.78, 5) is 0. The van der Waals surface area contributed by atoms with Gasteiger partial charge in [0.25, 0.3) is 0 Å². The number of benzene rings is 1. The lowest BCUT2D eigenvalue weighted by Crippen LogP contribution is -1.63. The van der Waals surface area contributed by atoms with Crippen molar-refractivity contribution in [1.29, 1.82) is 0 Å². The molecule has 0 aliphatic carbocycles. The zero-order valence-electron chi connectivity index (χ0n) is 5.43. The quantitative estimate of drug-likeness (QED) is 0.610. The van der Waals surface area contributed by atoms with Gasteiger partial charge in [-0.1, -0.05) is 43.0 Å². The molecule has 0 radical (unpaired) electrons. The number of hydrogen-bond acceptors (Lipinski definition) is 0. The van der Waals surface area contributed by atoms with Gasteiger partial charge >= 0.3 is 0 Å². The van der Waals surface area contributed by atoms with Crippen molar-refractivity contribution >= 4 is 27.8 Å². The van der Waals surface area contributed by atoms with Crippen LogP contribution in [0.25, 0.3) is 6.08 Å². The average molecular weight is 175 g/mol. The summed E-state index contributed by atoms with van der Waals surface area (Å²) < 4.78 is 0. The summed E-state index contributed by atoms with van der Waals surface area (Å²) in [5, 5.41) is 0. The van der Waals surface area contributed by atoms with Crippen LogP contribution in [-0.4, -0.2) is 0 Å². The Bertz CT molecular complexity index is 170. The monoisotopic (exact) mass is 174 g/mol. The van der Waals surface area contributed by atoms with Crippen LogP contribution in [0.5, 0.6) is 0 Å². The Labute approximate surface area is 70.7 Å². The van der Waals surface area contributed by atoms with Crippen LogP contribution in [0.4, 0.5) is 0 Å². The van der Waals surface area contributed by atoms with Crippen molar-refractivity contribution in [3.05, 3.63) is 42.5 Å². The van der Waals surface area contributed by atoms with Gasteiger partial charge in [-0.2, -0.15) is 0 Å². The predicted octanol–water partition coefficient (Wildman–Crippen LogP) is 3.71. The highest BCUT2D eigenvalue weighted by molar-refractivity contribution is 6.85. The van der Waals surface area contributed by atoms with Crippen molar-refractivity contribution in [3.63, 3.8) is 0 Å². The van der Waals surface area contributed by atoms with E-state index in [-0.39, 0.29) is 0 Å². The molecular formula is C8H8Cl2. The fourth-order valence-electron chi connectivity index (χ4n) is 0.589. The molecule has 1 aromatic rings. The topological polar surface area (TPSA) is 0 Å². The molecule has 0 saturated carbocycles. The van der Waals surface area contributed by atoms with E-state index in [4.69, 9.17) is 0 Å². The molecule has 0 unspecified atom stereocenters. The van der Waals surface area contributed by atoms with Gasteiger partial charge in [0.15, 0.2) is 0 Å². The third kappa shape index (κ3) is 3.54. The summed E-state index contributed by atoms with van der Waals surface area (Å²) in [5.74, 6) is 0. The van der Waals surface area contributed by atoms with Crippen LogP contribution in [0.2, 0.25) is 0 Å². The highest BCUT2D eigenvalue weighted by atomic mass is 36.5. The second kappa shape index (κ2) is 6.66. The molecule has 1 rings (SSSR count). The van der Waals surface area contributed by atoms with Gasteiger partial charge < -0.3 is 0 Å². The van der Waals surface area contributed by atoms with Crippen molar-refractivity contribution in [2.75, 3.05) is 0 Å². The first-order valence-electron chi connectivity index (χ1n) is 2.75. The minimum absolute atomic E-state index is 1.17. The molecule has 0 fully saturated rings. The fraction of sp³-hybridized carbons (Fsp3) is 0. The minimum Gasteiger partial charge on any atom is -0.0985 e. The highest BCUT2D eigenvalue weighted by Crippen LogP contribution is 1.97. The largest absolute Gasteiger partial charge is 0.0985 e. The maximum Gasteiger partial charge on any atom is 0 e. The van der Waals surface area contributed by atoms with Crippen LogP contribution in [0, 0.1) is 0 Å². The van der Waals surface area contributed by atoms with Gasteiger partial charge in [-0.15, -0.1) is 0 Å². The highest BCUT2D eigenvalue weighted by Gasteiger charge is 1.75. The van der Waals surface area contributed by atoms with Crippen molar-refractivity contribution in [2.45, 2.75) is 0 Å². The van der Waals surface area contributed by atoms with Crippen LogP contribution >= 0.6 is 21.7 Å². The lowest BCUT2D eigenvalue weighted by Gasteiger charge is -1.85. The summed E-state index contributed by atoms with van der Waals surface area (Å²) in [6.07, 6.45) is 1.83. The van der Waals surface area contributed by atoms with Gasteiger partial charge in [0.2, 0.25) is 0 Å². The number of halogens is 2. The van der Waals surface area contributed by atoms with E-state index in [0.29, 0.717) is 0 Å². The Balaban J connectivity index is 0.000000371. The molecular weight excluding hydrogens is 167 g/mol. The summed E-state index contributed by atoms with van der Waals surface area (Å²) in [6.45, 7) is 3.63. The van der Waals surface area contributed by atoms with Gasteiger partial charge in [-0.3, -0.25) is 0 Å². The van der Waals surface area contributed by atoms with Gasteiger partial charge in [0.1, 0.15) is 0 Å². The van der Waals surface area contributed by atoms with Crippen LogP contribution in [0.3, 0.4) is 0 Å². The second-order valence-electron chi connectivity index (χ2n) is 1.61. The van der Waals surface area contributed by atoms with E-state index in [1.807, 2.05) is 36.4 Å². The normalized spacial score (nSPS) is 7.40. The molecule has 0 saturated heterocycles. The first-order chi connectivity index (χ1) is 4.93. The standard InChI is InChI=1S/C8H8.Cl2/c1-2-8-6-4-3-5-7-8;1-2/h2-7H,1H2;. The predicted molar refractivity (Wildman–Crippen MR) is 48.2 cm³/mol. The molecule has 0 heterocycles. The zero-order valence-corrected chi connectivity index (χ0v) is 6.94. The van der Waals surface area contributed by atoms with E-state index >= 15 is 0 Å². The molecule has 0 aliphatic heterocycles. The van der Waals surface area contributed by atoms with Crippen LogP contribution in [-0.2, 0) is 0 Å². The van der Waals surface area contributed by atoms with Crippen molar-refractivity contribution in [3.8, 4) is 0 Å². The molecule has 10 heavy (non-hydrogen) atoms. The Morgan fingerprint density at radius 2 is 1.60 bits per heavy atom. The van der Waals surface area contributed by atoms with E-state index in [2.05, 4.69) is 28.3 Å². The van der Waals surface area contributed by atoms with Gasteiger partial charge in [-0.25, -0.2) is 0 Å². The molecule has 2 heteroatoms. The molecule has 0 amide bonds. The summed E-state index contributed by atoms with van der Waals surface area (Å²) in [7, 11) is 8.22. The summed E-state index contributed by atoms with van der Waals surface area (Å²) in [5.41, 5.74) is 1.17. The second-order valence-corrected chi connectivity index (χ2v) is 1.61. The van der Waals surface area contributed by atoms with E-state index in [0.717, 1.165) is 0 Å². The maximum atomic E-state index is 4.11. The van der Waals surface area contributed by atoms with E-state index in [1.54, 1.807) is 0 Å². The smallest absolute Gasteiger partial charge is 0 e. The Kier molecular flexibility index (Phi) is 6.35. The van der Waals surface area contributed by atoms with E-state index in [1.165, 1.54) is 5.56 Å². The van der Waals surface area contributed by atoms with Crippen LogP contribution in [0.15, 0.2) is 36.9 Å². The van der Waals surface area contributed by atoms with E-state index in [9.17, 15) is 0 Å². The third-order valence-corrected chi connectivity index (χ3v) is 1.04. The van der Waals surface area contributed by atoms with Gasteiger partial charge in [0.05, 0.1) is 0 Å². The number of hydrogen-bond donors (Lipinski definition) is 0. The van der Waals surface area contributed by atoms with Crippen molar-refractivity contribution < 1.29 is 0 Å². The molecule has 0 spiro atoms. The van der Waals surface area contributed by atoms with E-state index < -0.39 is 0 Å². The SMILES string of the molecule is C=Cc1ccccc1.ClCl. The third-order valence-electron chi connectivity index (χ3n) is 1.04. The zero-order chi connectivity index (χ0) is 7.82. The first kappa shape index (κ1) is 9.54. The maximum absolute atomic E-state index is 4.11.